The van der Waals surface area contributed by atoms with Crippen LogP contribution < -0.4 is 10.6 Å². The smallest absolute Gasteiger partial charge is 0.319 e. The molecule has 0 unspecified atom stereocenters. The lowest BCUT2D eigenvalue weighted by molar-refractivity contribution is 0.254. The molecule has 2 rings (SSSR count). The summed E-state index contributed by atoms with van der Waals surface area (Å²) >= 11 is 1.42. The highest BCUT2D eigenvalue weighted by Gasteiger charge is 2.28. The Labute approximate surface area is 91.9 Å². The summed E-state index contributed by atoms with van der Waals surface area (Å²) in [6, 6.07) is 1.88. The van der Waals surface area contributed by atoms with Crippen LogP contribution in [-0.4, -0.2) is 13.1 Å². The number of rotatable bonds is 2. The van der Waals surface area contributed by atoms with Crippen molar-refractivity contribution in [3.63, 3.8) is 0 Å². The summed E-state index contributed by atoms with van der Waals surface area (Å²) < 4.78 is 0. The van der Waals surface area contributed by atoms with Gasteiger partial charge in [0.1, 0.15) is 11.1 Å². The standard InChI is InChI=1S/C10H11N3OS/c1-12-10(14)13-9-7(4-11)8(5-15-9)6-2-3-6/h5-6H,2-3H2,1H3,(H2,12,13,14). The van der Waals surface area contributed by atoms with E-state index in [9.17, 15) is 4.79 Å². The molecule has 0 aromatic carbocycles. The summed E-state index contributed by atoms with van der Waals surface area (Å²) in [4.78, 5) is 11.1. The molecule has 4 nitrogen and oxygen atoms in total. The maximum absolute atomic E-state index is 11.1. The van der Waals surface area contributed by atoms with Crippen molar-refractivity contribution in [1.82, 2.24) is 5.32 Å². The fourth-order valence-electron chi connectivity index (χ4n) is 1.44. The van der Waals surface area contributed by atoms with Gasteiger partial charge in [0.2, 0.25) is 0 Å². The molecule has 1 aliphatic carbocycles. The first-order chi connectivity index (χ1) is 7.26. The average Bonchev–Trinajstić information content (AvgIpc) is 3.01. The number of anilines is 1. The summed E-state index contributed by atoms with van der Waals surface area (Å²) in [5.74, 6) is 0.538. The number of hydrogen-bond acceptors (Lipinski definition) is 3. The summed E-state index contributed by atoms with van der Waals surface area (Å²) in [5.41, 5.74) is 1.72. The topological polar surface area (TPSA) is 64.9 Å². The summed E-state index contributed by atoms with van der Waals surface area (Å²) in [5, 5.41) is 16.8. The van der Waals surface area contributed by atoms with Gasteiger partial charge in [-0.1, -0.05) is 0 Å². The molecule has 5 heteroatoms. The van der Waals surface area contributed by atoms with E-state index in [0.29, 0.717) is 16.5 Å². The average molecular weight is 221 g/mol. The van der Waals surface area contributed by atoms with Gasteiger partial charge in [-0.2, -0.15) is 5.26 Å². The molecule has 0 saturated heterocycles. The van der Waals surface area contributed by atoms with Crippen LogP contribution in [0.3, 0.4) is 0 Å². The molecule has 1 aliphatic rings. The highest BCUT2D eigenvalue weighted by atomic mass is 32.1. The number of nitriles is 1. The summed E-state index contributed by atoms with van der Waals surface area (Å²) in [6.45, 7) is 0. The maximum Gasteiger partial charge on any atom is 0.319 e. The molecule has 2 N–H and O–H groups in total. The van der Waals surface area contributed by atoms with Gasteiger partial charge in [0.05, 0.1) is 5.56 Å². The van der Waals surface area contributed by atoms with E-state index >= 15 is 0 Å². The van der Waals surface area contributed by atoms with Crippen LogP contribution in [0.4, 0.5) is 9.80 Å². The second-order valence-corrected chi connectivity index (χ2v) is 4.37. The normalized spacial score (nSPS) is 14.4. The molecule has 1 aromatic rings. The first-order valence-electron chi connectivity index (χ1n) is 4.76. The van der Waals surface area contributed by atoms with Gasteiger partial charge in [0.25, 0.3) is 0 Å². The van der Waals surface area contributed by atoms with Crippen molar-refractivity contribution in [3.05, 3.63) is 16.5 Å². The van der Waals surface area contributed by atoms with Gasteiger partial charge in [0.15, 0.2) is 0 Å². The SMILES string of the molecule is CNC(=O)Nc1scc(C2CC2)c1C#N. The third-order valence-corrected chi connectivity index (χ3v) is 3.32. The van der Waals surface area contributed by atoms with Crippen molar-refractivity contribution in [2.75, 3.05) is 12.4 Å². The zero-order valence-electron chi connectivity index (χ0n) is 8.33. The molecule has 0 bridgehead atoms. The van der Waals surface area contributed by atoms with Crippen molar-refractivity contribution in [2.45, 2.75) is 18.8 Å². The van der Waals surface area contributed by atoms with Crippen LogP contribution in [0.1, 0.15) is 29.9 Å². The van der Waals surface area contributed by atoms with Crippen molar-refractivity contribution in [1.29, 1.82) is 5.26 Å². The third kappa shape index (κ3) is 1.95. The van der Waals surface area contributed by atoms with Crippen LogP contribution in [0.15, 0.2) is 5.38 Å². The molecule has 1 saturated carbocycles. The van der Waals surface area contributed by atoms with E-state index < -0.39 is 0 Å². The highest BCUT2D eigenvalue weighted by molar-refractivity contribution is 7.14. The number of hydrogen-bond donors (Lipinski definition) is 2. The molecule has 0 spiro atoms. The predicted molar refractivity (Wildman–Crippen MR) is 59.1 cm³/mol. The molecule has 78 valence electrons. The zero-order valence-corrected chi connectivity index (χ0v) is 9.15. The Morgan fingerprint density at radius 3 is 2.93 bits per heavy atom. The molecule has 0 radical (unpaired) electrons. The Bertz CT molecular complexity index is 428. The summed E-state index contributed by atoms with van der Waals surface area (Å²) in [6.07, 6.45) is 2.32. The molecule has 15 heavy (non-hydrogen) atoms. The van der Waals surface area contributed by atoms with E-state index in [0.717, 1.165) is 18.4 Å². The Kier molecular flexibility index (Phi) is 2.60. The van der Waals surface area contributed by atoms with Gasteiger partial charge in [-0.05, 0) is 29.7 Å². The minimum atomic E-state index is -0.282. The minimum Gasteiger partial charge on any atom is -0.341 e. The van der Waals surface area contributed by atoms with Crippen molar-refractivity contribution in [2.24, 2.45) is 0 Å². The second kappa shape index (κ2) is 3.91. The van der Waals surface area contributed by atoms with E-state index in [1.165, 1.54) is 11.3 Å². The van der Waals surface area contributed by atoms with Crippen LogP contribution >= 0.6 is 11.3 Å². The number of carbonyl (C=O) groups is 1. The van der Waals surface area contributed by atoms with Crippen LogP contribution in [0.5, 0.6) is 0 Å². The molecule has 0 atom stereocenters. The van der Waals surface area contributed by atoms with Crippen molar-refractivity contribution >= 4 is 22.4 Å². The molecule has 1 aromatic heterocycles. The van der Waals surface area contributed by atoms with Gasteiger partial charge < -0.3 is 5.32 Å². The fraction of sp³-hybridized carbons (Fsp3) is 0.400. The number of thiophene rings is 1. The lowest BCUT2D eigenvalue weighted by Gasteiger charge is -2.01. The number of urea groups is 1. The minimum absolute atomic E-state index is 0.282. The van der Waals surface area contributed by atoms with Crippen molar-refractivity contribution < 1.29 is 4.79 Å². The quantitative estimate of drug-likeness (QED) is 0.804. The predicted octanol–water partition coefficient (Wildman–Crippen LogP) is 2.25. The Balaban J connectivity index is 2.24. The molecule has 2 amide bonds. The Morgan fingerprint density at radius 1 is 1.67 bits per heavy atom. The number of nitrogens with one attached hydrogen (secondary N) is 2. The van der Waals surface area contributed by atoms with E-state index in [-0.39, 0.29) is 6.03 Å². The fourth-order valence-corrected chi connectivity index (χ4v) is 2.43. The van der Waals surface area contributed by atoms with Gasteiger partial charge >= 0.3 is 6.03 Å². The second-order valence-electron chi connectivity index (χ2n) is 3.49. The molecular formula is C10H11N3OS. The molecule has 0 aliphatic heterocycles. The van der Waals surface area contributed by atoms with Gasteiger partial charge in [-0.3, -0.25) is 5.32 Å². The number of nitrogens with zero attached hydrogens (tertiary/aromatic N) is 1. The largest absolute Gasteiger partial charge is 0.341 e. The Morgan fingerprint density at radius 2 is 2.40 bits per heavy atom. The Hall–Kier alpha value is -1.54. The maximum atomic E-state index is 11.1. The molecular weight excluding hydrogens is 210 g/mol. The van der Waals surface area contributed by atoms with Crippen molar-refractivity contribution in [3.8, 4) is 6.07 Å². The molecule has 1 heterocycles. The van der Waals surface area contributed by atoms with Crippen LogP contribution in [0.2, 0.25) is 0 Å². The number of carbonyl (C=O) groups excluding carboxylic acids is 1. The number of amides is 2. The first-order valence-corrected chi connectivity index (χ1v) is 5.64. The van der Waals surface area contributed by atoms with E-state index in [4.69, 9.17) is 5.26 Å². The van der Waals surface area contributed by atoms with E-state index in [1.54, 1.807) is 7.05 Å². The lowest BCUT2D eigenvalue weighted by Crippen LogP contribution is -2.24. The van der Waals surface area contributed by atoms with E-state index in [1.807, 2.05) is 5.38 Å². The third-order valence-electron chi connectivity index (χ3n) is 2.40. The summed E-state index contributed by atoms with van der Waals surface area (Å²) in [7, 11) is 1.55. The van der Waals surface area contributed by atoms with Crippen LogP contribution in [-0.2, 0) is 0 Å². The van der Waals surface area contributed by atoms with E-state index in [2.05, 4.69) is 16.7 Å². The first kappa shape index (κ1) is 9.99. The van der Waals surface area contributed by atoms with Crippen LogP contribution in [0, 0.1) is 11.3 Å². The lowest BCUT2D eigenvalue weighted by atomic mass is 10.1. The van der Waals surface area contributed by atoms with Gasteiger partial charge in [-0.25, -0.2) is 4.79 Å². The highest BCUT2D eigenvalue weighted by Crippen LogP contribution is 2.45. The monoisotopic (exact) mass is 221 g/mol. The van der Waals surface area contributed by atoms with Gasteiger partial charge in [0, 0.05) is 7.05 Å². The van der Waals surface area contributed by atoms with Gasteiger partial charge in [-0.15, -0.1) is 11.3 Å². The molecule has 1 fully saturated rings. The zero-order chi connectivity index (χ0) is 10.8. The van der Waals surface area contributed by atoms with Crippen LogP contribution in [0.25, 0.3) is 0 Å².